The number of nitrogens with zero attached hydrogens (tertiary/aromatic N) is 1. The summed E-state index contributed by atoms with van der Waals surface area (Å²) in [4.78, 5) is 13.5. The molecule has 0 radical (unpaired) electrons. The summed E-state index contributed by atoms with van der Waals surface area (Å²) < 4.78 is 11.2. The molecule has 1 aliphatic heterocycles. The average molecular weight is 263 g/mol. The van der Waals surface area contributed by atoms with Crippen LogP contribution in [0.1, 0.15) is 26.7 Å². The third-order valence-electron chi connectivity index (χ3n) is 3.21. The van der Waals surface area contributed by atoms with Crippen LogP contribution in [-0.2, 0) is 4.79 Å². The Balaban J connectivity index is 2.17. The number of hydrogen-bond acceptors (Lipinski definition) is 4. The molecule has 19 heavy (non-hydrogen) atoms. The van der Waals surface area contributed by atoms with Crippen molar-refractivity contribution in [2.24, 2.45) is 0 Å². The first-order valence-electron chi connectivity index (χ1n) is 6.91. The molecule has 0 unspecified atom stereocenters. The quantitative estimate of drug-likeness (QED) is 0.818. The number of ether oxygens (including phenoxy) is 2. The highest BCUT2D eigenvalue weighted by Crippen LogP contribution is 2.32. The second kappa shape index (κ2) is 6.45. The number of rotatable bonds is 5. The Hall–Kier alpha value is -1.71. The minimum atomic E-state index is 0.354. The van der Waals surface area contributed by atoms with Crippen molar-refractivity contribution in [2.75, 3.05) is 31.2 Å². The number of hydrogen-bond donors (Lipinski definition) is 0. The van der Waals surface area contributed by atoms with Gasteiger partial charge in [-0.05, 0) is 26.0 Å². The molecule has 0 amide bonds. The molecule has 0 atom stereocenters. The van der Waals surface area contributed by atoms with Crippen LogP contribution < -0.4 is 14.4 Å². The van der Waals surface area contributed by atoms with Gasteiger partial charge < -0.3 is 14.4 Å². The van der Waals surface area contributed by atoms with Crippen molar-refractivity contribution in [1.29, 1.82) is 0 Å². The van der Waals surface area contributed by atoms with E-state index in [2.05, 4.69) is 4.90 Å². The summed E-state index contributed by atoms with van der Waals surface area (Å²) >= 11 is 0. The van der Waals surface area contributed by atoms with Gasteiger partial charge in [-0.25, -0.2) is 0 Å². The number of benzene rings is 1. The van der Waals surface area contributed by atoms with Gasteiger partial charge in [-0.1, -0.05) is 0 Å². The van der Waals surface area contributed by atoms with Gasteiger partial charge in [-0.2, -0.15) is 0 Å². The van der Waals surface area contributed by atoms with Gasteiger partial charge in [0.05, 0.1) is 13.2 Å². The maximum Gasteiger partial charge on any atom is 0.163 e. The van der Waals surface area contributed by atoms with E-state index in [1.807, 2.05) is 32.0 Å². The lowest BCUT2D eigenvalue weighted by atomic mass is 10.1. The fourth-order valence-corrected chi connectivity index (χ4v) is 2.25. The summed E-state index contributed by atoms with van der Waals surface area (Å²) in [5.41, 5.74) is 1.10. The Labute approximate surface area is 114 Å². The molecule has 0 N–H and O–H groups in total. The minimum absolute atomic E-state index is 0.354. The zero-order chi connectivity index (χ0) is 13.7. The highest BCUT2D eigenvalue weighted by atomic mass is 16.5. The second-order valence-corrected chi connectivity index (χ2v) is 4.52. The van der Waals surface area contributed by atoms with Crippen LogP contribution in [0.15, 0.2) is 18.2 Å². The minimum Gasteiger partial charge on any atom is -0.490 e. The standard InChI is InChI=1S/C15H21NO3/c1-3-18-14-6-5-12(11-15(14)19-4-2)16-9-7-13(17)8-10-16/h5-6,11H,3-4,7-10H2,1-2H3. The van der Waals surface area contributed by atoms with E-state index >= 15 is 0 Å². The lowest BCUT2D eigenvalue weighted by Crippen LogP contribution is -2.33. The Morgan fingerprint density at radius 2 is 1.68 bits per heavy atom. The van der Waals surface area contributed by atoms with Crippen LogP contribution in [-0.4, -0.2) is 32.1 Å². The van der Waals surface area contributed by atoms with Crippen LogP contribution in [0, 0.1) is 0 Å². The molecule has 0 spiro atoms. The number of carbonyl (C=O) groups is 1. The summed E-state index contributed by atoms with van der Waals surface area (Å²) in [6, 6.07) is 5.98. The van der Waals surface area contributed by atoms with Crippen molar-refractivity contribution in [3.8, 4) is 11.5 Å². The van der Waals surface area contributed by atoms with Gasteiger partial charge in [-0.3, -0.25) is 4.79 Å². The molecule has 0 saturated carbocycles. The first-order valence-corrected chi connectivity index (χ1v) is 6.91. The van der Waals surface area contributed by atoms with Crippen molar-refractivity contribution in [3.63, 3.8) is 0 Å². The Kier molecular flexibility index (Phi) is 4.66. The van der Waals surface area contributed by atoms with E-state index in [-0.39, 0.29) is 0 Å². The predicted octanol–water partition coefficient (Wildman–Crippen LogP) is 2.65. The predicted molar refractivity (Wildman–Crippen MR) is 75.2 cm³/mol. The molecule has 2 rings (SSSR count). The number of anilines is 1. The van der Waals surface area contributed by atoms with Crippen molar-refractivity contribution in [3.05, 3.63) is 18.2 Å². The molecule has 4 heteroatoms. The monoisotopic (exact) mass is 263 g/mol. The van der Waals surface area contributed by atoms with Crippen molar-refractivity contribution in [1.82, 2.24) is 0 Å². The second-order valence-electron chi connectivity index (χ2n) is 4.52. The van der Waals surface area contributed by atoms with Gasteiger partial charge in [0.15, 0.2) is 11.5 Å². The number of ketones is 1. The molecule has 1 fully saturated rings. The zero-order valence-electron chi connectivity index (χ0n) is 11.6. The van der Waals surface area contributed by atoms with Crippen LogP contribution in [0.25, 0.3) is 0 Å². The summed E-state index contributed by atoms with van der Waals surface area (Å²) in [7, 11) is 0. The van der Waals surface area contributed by atoms with Crippen LogP contribution in [0.3, 0.4) is 0 Å². The molecule has 1 heterocycles. The molecule has 1 aromatic carbocycles. The number of carbonyl (C=O) groups excluding carboxylic acids is 1. The fraction of sp³-hybridized carbons (Fsp3) is 0.533. The highest BCUT2D eigenvalue weighted by Gasteiger charge is 2.17. The van der Waals surface area contributed by atoms with E-state index in [9.17, 15) is 4.79 Å². The fourth-order valence-electron chi connectivity index (χ4n) is 2.25. The molecular weight excluding hydrogens is 242 g/mol. The molecule has 0 bridgehead atoms. The van der Waals surface area contributed by atoms with Crippen LogP contribution in [0.5, 0.6) is 11.5 Å². The third-order valence-corrected chi connectivity index (χ3v) is 3.21. The number of Topliss-reactive ketones (excluding diaryl/α,β-unsaturated/α-hetero) is 1. The van der Waals surface area contributed by atoms with Crippen LogP contribution >= 0.6 is 0 Å². The van der Waals surface area contributed by atoms with Gasteiger partial charge in [-0.15, -0.1) is 0 Å². The van der Waals surface area contributed by atoms with Crippen molar-refractivity contribution >= 4 is 11.5 Å². The van der Waals surface area contributed by atoms with Crippen molar-refractivity contribution in [2.45, 2.75) is 26.7 Å². The lowest BCUT2D eigenvalue weighted by Gasteiger charge is -2.28. The molecule has 0 aromatic heterocycles. The first-order chi connectivity index (χ1) is 9.24. The molecular formula is C15H21NO3. The van der Waals surface area contributed by atoms with E-state index in [0.717, 1.165) is 30.3 Å². The Bertz CT molecular complexity index is 435. The molecule has 1 saturated heterocycles. The van der Waals surface area contributed by atoms with Gasteiger partial charge in [0.2, 0.25) is 0 Å². The van der Waals surface area contributed by atoms with Gasteiger partial charge in [0, 0.05) is 37.7 Å². The summed E-state index contributed by atoms with van der Waals surface area (Å²) in [6.45, 7) is 6.73. The smallest absolute Gasteiger partial charge is 0.163 e. The van der Waals surface area contributed by atoms with E-state index < -0.39 is 0 Å². The largest absolute Gasteiger partial charge is 0.490 e. The molecule has 1 aromatic rings. The van der Waals surface area contributed by atoms with Gasteiger partial charge in [0.1, 0.15) is 5.78 Å². The highest BCUT2D eigenvalue weighted by molar-refractivity contribution is 5.81. The summed E-state index contributed by atoms with van der Waals surface area (Å²) in [6.07, 6.45) is 1.27. The normalized spacial score (nSPS) is 15.5. The third kappa shape index (κ3) is 3.40. The van der Waals surface area contributed by atoms with Crippen LogP contribution in [0.4, 0.5) is 5.69 Å². The Morgan fingerprint density at radius 1 is 1.05 bits per heavy atom. The van der Waals surface area contributed by atoms with Gasteiger partial charge in [0.25, 0.3) is 0 Å². The first kappa shape index (κ1) is 13.7. The van der Waals surface area contributed by atoms with E-state index in [1.165, 1.54) is 0 Å². The summed E-state index contributed by atoms with van der Waals surface area (Å²) in [5.74, 6) is 1.91. The molecule has 104 valence electrons. The number of piperidine rings is 1. The van der Waals surface area contributed by atoms with Crippen LogP contribution in [0.2, 0.25) is 0 Å². The van der Waals surface area contributed by atoms with Crippen molar-refractivity contribution < 1.29 is 14.3 Å². The molecule has 4 nitrogen and oxygen atoms in total. The van der Waals surface area contributed by atoms with Gasteiger partial charge >= 0.3 is 0 Å². The maximum absolute atomic E-state index is 11.3. The SMILES string of the molecule is CCOc1ccc(N2CCC(=O)CC2)cc1OCC. The van der Waals surface area contributed by atoms with E-state index in [0.29, 0.717) is 31.8 Å². The summed E-state index contributed by atoms with van der Waals surface area (Å²) in [5, 5.41) is 0. The Morgan fingerprint density at radius 3 is 2.32 bits per heavy atom. The lowest BCUT2D eigenvalue weighted by molar-refractivity contribution is -0.119. The maximum atomic E-state index is 11.3. The average Bonchev–Trinajstić information content (AvgIpc) is 2.42. The van der Waals surface area contributed by atoms with E-state index in [4.69, 9.17) is 9.47 Å². The molecule has 1 aliphatic rings. The zero-order valence-corrected chi connectivity index (χ0v) is 11.6. The molecule has 0 aliphatic carbocycles. The van der Waals surface area contributed by atoms with E-state index in [1.54, 1.807) is 0 Å². The topological polar surface area (TPSA) is 38.8 Å².